The van der Waals surface area contributed by atoms with Crippen molar-refractivity contribution >= 4 is 83.0 Å². The second-order valence-electron chi connectivity index (χ2n) is 17.9. The Bertz CT molecular complexity index is 3070. The number of carbonyl (C=O) groups is 3. The van der Waals surface area contributed by atoms with Crippen LogP contribution in [-0.4, -0.2) is 47.1 Å². The lowest BCUT2D eigenvalue weighted by Gasteiger charge is -2.24. The zero-order valence-corrected chi connectivity index (χ0v) is 44.2. The van der Waals surface area contributed by atoms with Gasteiger partial charge in [0.2, 0.25) is 17.7 Å². The highest BCUT2D eigenvalue weighted by Gasteiger charge is 2.35. The number of fused-ring (bicyclic) bond motifs is 3. The van der Waals surface area contributed by atoms with E-state index < -0.39 is 0 Å². The van der Waals surface area contributed by atoms with Gasteiger partial charge in [-0.3, -0.25) is 14.4 Å². The Morgan fingerprint density at radius 1 is 0.375 bits per heavy atom. The van der Waals surface area contributed by atoms with E-state index in [4.69, 9.17) is 0 Å². The number of para-hydroxylation sites is 3. The van der Waals surface area contributed by atoms with Crippen LogP contribution in [0.5, 0.6) is 0 Å². The summed E-state index contributed by atoms with van der Waals surface area (Å²) >= 11 is 10.4. The summed E-state index contributed by atoms with van der Waals surface area (Å²) in [7, 11) is 0. The minimum Gasteiger partial charge on any atom is -0.310 e. The molecule has 3 N–H and O–H groups in total. The summed E-state index contributed by atoms with van der Waals surface area (Å²) in [6.45, 7) is 6.00. The van der Waals surface area contributed by atoms with Crippen LogP contribution in [0.25, 0.3) is 17.1 Å². The van der Waals surface area contributed by atoms with Gasteiger partial charge in [0.05, 0.1) is 34.1 Å². The summed E-state index contributed by atoms with van der Waals surface area (Å²) in [4.78, 5) is 36.9. The van der Waals surface area contributed by atoms with Crippen LogP contribution in [0.2, 0.25) is 0 Å². The Balaban J connectivity index is 0.000000124. The first-order valence-electron chi connectivity index (χ1n) is 23.5. The van der Waals surface area contributed by atoms with Crippen LogP contribution < -0.4 is 16.0 Å². The van der Waals surface area contributed by atoms with E-state index in [1.165, 1.54) is 0 Å². The van der Waals surface area contributed by atoms with Crippen LogP contribution in [0.3, 0.4) is 0 Å². The van der Waals surface area contributed by atoms with E-state index in [9.17, 15) is 14.4 Å². The van der Waals surface area contributed by atoms with Crippen molar-refractivity contribution in [2.45, 2.75) is 57.8 Å². The highest BCUT2D eigenvalue weighted by Crippen LogP contribution is 2.43. The third-order valence-corrected chi connectivity index (χ3v) is 14.7. The molecule has 3 amide bonds. The van der Waals surface area contributed by atoms with Crippen LogP contribution in [0.15, 0.2) is 177 Å². The van der Waals surface area contributed by atoms with Crippen LogP contribution in [-0.2, 0) is 14.4 Å². The number of nitrogens with zero attached hydrogens (tertiary/aromatic N) is 6. The number of amides is 3. The van der Waals surface area contributed by atoms with E-state index in [1.807, 2.05) is 162 Å². The largest absolute Gasteiger partial charge is 0.310 e. The SMILES string of the molecule is Cc1nn(-c2ccccc2)c2c1[C@@H](c1ccc(Br)cc1)CC(=O)N2.Cc1nn(-c2ccccc2)c2c1[C@H](c1ccc(Br)cc1)CC(=O)N2.Cc1nn(-c2ccccc2)c2c1[C@H](c1ccc(Br)cc1)CC(=O)N2. The van der Waals surface area contributed by atoms with Gasteiger partial charge in [-0.2, -0.15) is 15.3 Å². The maximum atomic E-state index is 12.3. The lowest BCUT2D eigenvalue weighted by molar-refractivity contribution is -0.117. The Labute approximate surface area is 442 Å². The maximum Gasteiger partial charge on any atom is 0.226 e. The molecule has 9 aromatic rings. The predicted octanol–water partition coefficient (Wildman–Crippen LogP) is 13.3. The average Bonchev–Trinajstić information content (AvgIpc) is 4.04. The topological polar surface area (TPSA) is 141 Å². The molecule has 15 heteroatoms. The minimum atomic E-state index is 0.0208. The van der Waals surface area contributed by atoms with E-state index in [-0.39, 0.29) is 35.5 Å². The van der Waals surface area contributed by atoms with Crippen LogP contribution >= 0.6 is 47.8 Å². The molecule has 0 saturated heterocycles. The molecule has 6 heterocycles. The van der Waals surface area contributed by atoms with Crippen molar-refractivity contribution < 1.29 is 14.4 Å². The molecular formula is C57H48Br3N9O3. The zero-order valence-electron chi connectivity index (χ0n) is 39.5. The summed E-state index contributed by atoms with van der Waals surface area (Å²) in [6, 6.07) is 54.1. The molecule has 0 aliphatic carbocycles. The molecule has 0 fully saturated rings. The van der Waals surface area contributed by atoms with Gasteiger partial charge < -0.3 is 16.0 Å². The number of hydrogen-bond donors (Lipinski definition) is 3. The van der Waals surface area contributed by atoms with Crippen molar-refractivity contribution in [2.75, 3.05) is 16.0 Å². The van der Waals surface area contributed by atoms with Gasteiger partial charge in [0, 0.05) is 67.1 Å². The predicted molar refractivity (Wildman–Crippen MR) is 293 cm³/mol. The first kappa shape index (κ1) is 48.4. The monoisotopic (exact) mass is 1140 g/mol. The standard InChI is InChI=1S/3C19H16BrN3O/c3*1-12-18-16(13-7-9-14(20)10-8-13)11-17(24)21-19(18)23(22-12)15-5-3-2-4-6-15/h3*2-10,16H,11H2,1H3,(H,21,24)/t3*16-/m100/s1. The first-order valence-corrected chi connectivity index (χ1v) is 25.9. The fourth-order valence-corrected chi connectivity index (χ4v) is 10.6. The molecule has 0 saturated carbocycles. The molecule has 0 radical (unpaired) electrons. The lowest BCUT2D eigenvalue weighted by atomic mass is 9.86. The van der Waals surface area contributed by atoms with Crippen molar-refractivity contribution in [1.29, 1.82) is 0 Å². The summed E-state index contributed by atoms with van der Waals surface area (Å²) in [5.74, 6) is 2.49. The van der Waals surface area contributed by atoms with E-state index in [0.29, 0.717) is 19.3 Å². The van der Waals surface area contributed by atoms with Gasteiger partial charge in [-0.25, -0.2) is 14.0 Å². The number of aromatic nitrogens is 6. The molecule has 0 bridgehead atoms. The summed E-state index contributed by atoms with van der Waals surface area (Å²) in [5, 5.41) is 23.1. The smallest absolute Gasteiger partial charge is 0.226 e. The van der Waals surface area contributed by atoms with E-state index >= 15 is 0 Å². The van der Waals surface area contributed by atoms with E-state index in [1.54, 1.807) is 0 Å². The molecule has 3 aliphatic heterocycles. The molecule has 72 heavy (non-hydrogen) atoms. The number of nitrogens with one attached hydrogen (secondary N) is 3. The van der Waals surface area contributed by atoms with Crippen molar-refractivity contribution in [2.24, 2.45) is 0 Å². The highest BCUT2D eigenvalue weighted by atomic mass is 79.9. The Kier molecular flexibility index (Phi) is 14.0. The van der Waals surface area contributed by atoms with Gasteiger partial charge in [-0.05, 0) is 110 Å². The third kappa shape index (κ3) is 10.0. The second-order valence-corrected chi connectivity index (χ2v) is 20.6. The zero-order chi connectivity index (χ0) is 50.0. The number of anilines is 3. The second kappa shape index (κ2) is 20.9. The molecule has 0 spiro atoms. The number of aryl methyl sites for hydroxylation is 3. The van der Waals surface area contributed by atoms with Gasteiger partial charge >= 0.3 is 0 Å². The first-order chi connectivity index (χ1) is 34.9. The van der Waals surface area contributed by atoms with Crippen molar-refractivity contribution in [3.05, 3.63) is 228 Å². The van der Waals surface area contributed by atoms with Gasteiger partial charge in [0.1, 0.15) is 17.5 Å². The minimum absolute atomic E-state index is 0.0208. The van der Waals surface area contributed by atoms with E-state index in [0.717, 1.165) is 98.4 Å². The quantitative estimate of drug-likeness (QED) is 0.151. The molecule has 0 unspecified atom stereocenters. The molecule has 12 rings (SSSR count). The number of carbonyl (C=O) groups excluding carboxylic acids is 3. The van der Waals surface area contributed by atoms with Gasteiger partial charge in [-0.1, -0.05) is 139 Å². The van der Waals surface area contributed by atoms with Crippen molar-refractivity contribution in [3.8, 4) is 17.1 Å². The Morgan fingerprint density at radius 3 is 0.847 bits per heavy atom. The number of benzene rings is 6. The highest BCUT2D eigenvalue weighted by molar-refractivity contribution is 9.11. The van der Waals surface area contributed by atoms with Gasteiger partial charge in [-0.15, -0.1) is 0 Å². The van der Waals surface area contributed by atoms with Crippen molar-refractivity contribution in [1.82, 2.24) is 29.3 Å². The van der Waals surface area contributed by atoms with Crippen LogP contribution in [0.1, 0.15) is 87.5 Å². The fourth-order valence-electron chi connectivity index (χ4n) is 9.85. The summed E-state index contributed by atoms with van der Waals surface area (Å²) in [5.41, 5.74) is 12.4. The number of hydrogen-bond acceptors (Lipinski definition) is 6. The molecule has 12 nitrogen and oxygen atoms in total. The lowest BCUT2D eigenvalue weighted by Crippen LogP contribution is -2.24. The molecule has 3 aliphatic rings. The normalized spacial score (nSPS) is 16.6. The van der Waals surface area contributed by atoms with Gasteiger partial charge in [0.25, 0.3) is 0 Å². The van der Waals surface area contributed by atoms with Crippen LogP contribution in [0, 0.1) is 20.8 Å². The van der Waals surface area contributed by atoms with Crippen LogP contribution in [0.4, 0.5) is 17.5 Å². The van der Waals surface area contributed by atoms with E-state index in [2.05, 4.69) is 115 Å². The molecule has 3 atom stereocenters. The average molecular weight is 1150 g/mol. The molecule has 360 valence electrons. The van der Waals surface area contributed by atoms with Crippen molar-refractivity contribution in [3.63, 3.8) is 0 Å². The third-order valence-electron chi connectivity index (χ3n) is 13.1. The Morgan fingerprint density at radius 2 is 0.611 bits per heavy atom. The molecular weight excluding hydrogens is 1100 g/mol. The Hall–Kier alpha value is -7.20. The number of halogens is 3. The molecule has 3 aromatic heterocycles. The maximum absolute atomic E-state index is 12.3. The molecule has 6 aromatic carbocycles. The summed E-state index contributed by atoms with van der Waals surface area (Å²) in [6.07, 6.45) is 1.32. The summed E-state index contributed by atoms with van der Waals surface area (Å²) < 4.78 is 8.57. The number of rotatable bonds is 6. The fraction of sp³-hybridized carbons (Fsp3) is 0.158. The van der Waals surface area contributed by atoms with Gasteiger partial charge in [0.15, 0.2) is 0 Å².